The van der Waals surface area contributed by atoms with E-state index in [4.69, 9.17) is 4.74 Å². The van der Waals surface area contributed by atoms with Gasteiger partial charge < -0.3 is 9.84 Å². The van der Waals surface area contributed by atoms with E-state index in [-0.39, 0.29) is 17.8 Å². The smallest absolute Gasteiger partial charge is 0.123 e. The fourth-order valence-corrected chi connectivity index (χ4v) is 3.05. The fourth-order valence-electron chi connectivity index (χ4n) is 3.05. The van der Waals surface area contributed by atoms with Gasteiger partial charge in [-0.1, -0.05) is 6.92 Å². The summed E-state index contributed by atoms with van der Waals surface area (Å²) < 4.78 is 18.9. The Balaban J connectivity index is 2.31. The quantitative estimate of drug-likeness (QED) is 0.894. The zero-order valence-corrected chi connectivity index (χ0v) is 11.2. The molecule has 100 valence electrons. The molecule has 1 fully saturated rings. The zero-order chi connectivity index (χ0) is 13.3. The van der Waals surface area contributed by atoms with Gasteiger partial charge in [-0.15, -0.1) is 0 Å². The summed E-state index contributed by atoms with van der Waals surface area (Å²) in [5.41, 5.74) is 2.51. The van der Waals surface area contributed by atoms with Crippen molar-refractivity contribution in [2.45, 2.75) is 45.8 Å². The first-order chi connectivity index (χ1) is 8.54. The van der Waals surface area contributed by atoms with E-state index in [2.05, 4.69) is 6.92 Å². The van der Waals surface area contributed by atoms with Crippen LogP contribution in [-0.4, -0.2) is 17.8 Å². The van der Waals surface area contributed by atoms with Crippen molar-refractivity contribution in [2.75, 3.05) is 6.61 Å². The lowest BCUT2D eigenvalue weighted by Crippen LogP contribution is -2.23. The molecule has 18 heavy (non-hydrogen) atoms. The maximum Gasteiger partial charge on any atom is 0.123 e. The van der Waals surface area contributed by atoms with Crippen molar-refractivity contribution >= 4 is 0 Å². The number of hydrogen-bond acceptors (Lipinski definition) is 2. The molecule has 3 unspecified atom stereocenters. The van der Waals surface area contributed by atoms with E-state index < -0.39 is 6.10 Å². The van der Waals surface area contributed by atoms with Crippen molar-refractivity contribution in [3.63, 3.8) is 0 Å². The van der Waals surface area contributed by atoms with Crippen LogP contribution in [0.2, 0.25) is 0 Å². The molecule has 3 heteroatoms. The minimum absolute atomic E-state index is 0.115. The number of rotatable bonds is 3. The first kappa shape index (κ1) is 13.5. The molecule has 1 heterocycles. The maximum atomic E-state index is 13.3. The highest BCUT2D eigenvalue weighted by Gasteiger charge is 2.34. The average Bonchev–Trinajstić information content (AvgIpc) is 2.75. The van der Waals surface area contributed by atoms with Crippen LogP contribution in [0.4, 0.5) is 4.39 Å². The molecule has 2 nitrogen and oxygen atoms in total. The molecule has 0 aliphatic carbocycles. The molecule has 0 radical (unpaired) electrons. The van der Waals surface area contributed by atoms with E-state index in [9.17, 15) is 9.50 Å². The molecule has 1 aromatic rings. The summed E-state index contributed by atoms with van der Waals surface area (Å²) in [7, 11) is 0. The Morgan fingerprint density at radius 3 is 2.56 bits per heavy atom. The molecule has 0 bridgehead atoms. The fraction of sp³-hybridized carbons (Fsp3) is 0.600. The number of aliphatic hydroxyl groups excluding tert-OH is 1. The minimum Gasteiger partial charge on any atom is -0.388 e. The molecule has 3 atom stereocenters. The molecule has 0 amide bonds. The first-order valence-corrected chi connectivity index (χ1v) is 6.61. The summed E-state index contributed by atoms with van der Waals surface area (Å²) in [5, 5.41) is 10.6. The second kappa shape index (κ2) is 5.37. The highest BCUT2D eigenvalue weighted by Crippen LogP contribution is 2.37. The molecule has 1 aliphatic heterocycles. The summed E-state index contributed by atoms with van der Waals surface area (Å²) in [5.74, 6) is -0.117. The van der Waals surface area contributed by atoms with E-state index in [0.29, 0.717) is 6.61 Å². The van der Waals surface area contributed by atoms with Gasteiger partial charge in [0.15, 0.2) is 0 Å². The lowest BCUT2D eigenvalue weighted by Gasteiger charge is -2.25. The van der Waals surface area contributed by atoms with Crippen LogP contribution in [0.3, 0.4) is 0 Å². The molecule has 1 N–H and O–H groups in total. The van der Waals surface area contributed by atoms with Gasteiger partial charge in [-0.2, -0.15) is 0 Å². The third-order valence-electron chi connectivity index (χ3n) is 3.92. The third-order valence-corrected chi connectivity index (χ3v) is 3.92. The first-order valence-electron chi connectivity index (χ1n) is 6.61. The summed E-state index contributed by atoms with van der Waals surface area (Å²) in [4.78, 5) is 0. The molecular formula is C15H21FO2. The van der Waals surface area contributed by atoms with E-state index in [0.717, 1.165) is 29.5 Å². The Labute approximate surface area is 108 Å². The van der Waals surface area contributed by atoms with Crippen LogP contribution in [0.15, 0.2) is 12.1 Å². The molecule has 0 spiro atoms. The van der Waals surface area contributed by atoms with Crippen molar-refractivity contribution in [3.8, 4) is 0 Å². The van der Waals surface area contributed by atoms with Crippen molar-refractivity contribution in [1.29, 1.82) is 0 Å². The zero-order valence-electron chi connectivity index (χ0n) is 11.2. The van der Waals surface area contributed by atoms with Crippen LogP contribution < -0.4 is 0 Å². The molecule has 0 aromatic heterocycles. The van der Waals surface area contributed by atoms with Gasteiger partial charge in [0, 0.05) is 12.5 Å². The molecule has 1 aromatic carbocycles. The van der Waals surface area contributed by atoms with Gasteiger partial charge in [0.2, 0.25) is 0 Å². The highest BCUT2D eigenvalue weighted by atomic mass is 19.1. The molecule has 1 aliphatic rings. The standard InChI is InChI=1S/C15H21FO2/c1-4-13-12(5-6-18-13)15(17)14-9(2)7-11(16)8-10(14)3/h7-8,12-13,15,17H,4-6H2,1-3H3. The molecular weight excluding hydrogens is 231 g/mol. The SMILES string of the molecule is CCC1OCCC1C(O)c1c(C)cc(F)cc1C. The van der Waals surface area contributed by atoms with Crippen molar-refractivity contribution in [3.05, 3.63) is 34.6 Å². The Morgan fingerprint density at radius 2 is 2.00 bits per heavy atom. The summed E-state index contributed by atoms with van der Waals surface area (Å²) in [6.07, 6.45) is 1.33. The van der Waals surface area contributed by atoms with Gasteiger partial charge in [0.05, 0.1) is 12.2 Å². The molecule has 2 rings (SSSR count). The second-order valence-electron chi connectivity index (χ2n) is 5.17. The minimum atomic E-state index is -0.557. The van der Waals surface area contributed by atoms with Crippen LogP contribution >= 0.6 is 0 Å². The number of benzene rings is 1. The second-order valence-corrected chi connectivity index (χ2v) is 5.17. The van der Waals surface area contributed by atoms with Crippen LogP contribution in [0, 0.1) is 25.6 Å². The van der Waals surface area contributed by atoms with Crippen LogP contribution in [0.5, 0.6) is 0 Å². The van der Waals surface area contributed by atoms with Crippen molar-refractivity contribution in [2.24, 2.45) is 5.92 Å². The van der Waals surface area contributed by atoms with Crippen molar-refractivity contribution < 1.29 is 14.2 Å². The number of ether oxygens (including phenoxy) is 1. The maximum absolute atomic E-state index is 13.3. The Hall–Kier alpha value is -0.930. The van der Waals surface area contributed by atoms with E-state index in [1.54, 1.807) is 0 Å². The van der Waals surface area contributed by atoms with Gasteiger partial charge in [0.25, 0.3) is 0 Å². The Bertz CT molecular complexity index is 407. The molecule has 0 saturated carbocycles. The summed E-state index contributed by atoms with van der Waals surface area (Å²) >= 11 is 0. The van der Waals surface area contributed by atoms with Gasteiger partial charge in [-0.3, -0.25) is 0 Å². The van der Waals surface area contributed by atoms with Crippen LogP contribution in [0.1, 0.15) is 42.6 Å². The number of aryl methyl sites for hydroxylation is 2. The topological polar surface area (TPSA) is 29.5 Å². The normalized spacial score (nSPS) is 25.4. The van der Waals surface area contributed by atoms with Crippen molar-refractivity contribution in [1.82, 2.24) is 0 Å². The Morgan fingerprint density at radius 1 is 1.39 bits per heavy atom. The summed E-state index contributed by atoms with van der Waals surface area (Å²) in [6, 6.07) is 2.98. The third kappa shape index (κ3) is 2.43. The predicted molar refractivity (Wildman–Crippen MR) is 69.0 cm³/mol. The molecule has 1 saturated heterocycles. The number of aliphatic hydroxyl groups is 1. The summed E-state index contributed by atoms with van der Waals surface area (Å²) in [6.45, 7) is 6.48. The number of hydrogen-bond donors (Lipinski definition) is 1. The van der Waals surface area contributed by atoms with Crippen LogP contribution in [0.25, 0.3) is 0 Å². The Kier molecular flexibility index (Phi) is 4.03. The number of halogens is 1. The van der Waals surface area contributed by atoms with E-state index in [1.165, 1.54) is 12.1 Å². The highest BCUT2D eigenvalue weighted by molar-refractivity contribution is 5.36. The van der Waals surface area contributed by atoms with Gasteiger partial charge in [0.1, 0.15) is 5.82 Å². The van der Waals surface area contributed by atoms with Crippen LogP contribution in [-0.2, 0) is 4.74 Å². The largest absolute Gasteiger partial charge is 0.388 e. The lowest BCUT2D eigenvalue weighted by molar-refractivity contribution is 0.0302. The van der Waals surface area contributed by atoms with Gasteiger partial charge >= 0.3 is 0 Å². The van der Waals surface area contributed by atoms with E-state index >= 15 is 0 Å². The average molecular weight is 252 g/mol. The lowest BCUT2D eigenvalue weighted by atomic mass is 9.85. The van der Waals surface area contributed by atoms with Gasteiger partial charge in [-0.25, -0.2) is 4.39 Å². The van der Waals surface area contributed by atoms with E-state index in [1.807, 2.05) is 13.8 Å². The van der Waals surface area contributed by atoms with Gasteiger partial charge in [-0.05, 0) is 55.5 Å². The monoisotopic (exact) mass is 252 g/mol. The predicted octanol–water partition coefficient (Wildman–Crippen LogP) is 3.29.